The first-order chi connectivity index (χ1) is 22.4. The van der Waals surface area contributed by atoms with E-state index in [1.165, 1.54) is 24.9 Å². The van der Waals surface area contributed by atoms with Crippen LogP contribution in [0.5, 0.6) is 11.6 Å². The largest absolute Gasteiger partial charge is 0.479 e. The zero-order valence-corrected chi connectivity index (χ0v) is 27.4. The number of rotatable bonds is 13. The molecule has 0 radical (unpaired) electrons. The number of anilines is 1. The minimum atomic E-state index is -4.39. The molecule has 2 aromatic heterocycles. The van der Waals surface area contributed by atoms with Crippen LogP contribution in [0.2, 0.25) is 0 Å². The quantitative estimate of drug-likeness (QED) is 0.119. The highest BCUT2D eigenvalue weighted by Gasteiger charge is 2.54. The SMILES string of the molecule is COc1nc(N)nc2c1ncn2C1OC(COP(=O)(NC(C(=O)OCC2CC2)C(C)C)Oc2cccc3ccccc23)C(O)C1(C)O. The van der Waals surface area contributed by atoms with Crippen LogP contribution in [0.4, 0.5) is 5.95 Å². The van der Waals surface area contributed by atoms with E-state index >= 15 is 0 Å². The number of nitrogen functional groups attached to an aromatic ring is 1. The number of benzene rings is 2. The summed E-state index contributed by atoms with van der Waals surface area (Å²) in [5.74, 6) is -0.323. The molecule has 252 valence electrons. The van der Waals surface area contributed by atoms with Gasteiger partial charge in [-0.25, -0.2) is 9.55 Å². The number of methoxy groups -OCH3 is 1. The summed E-state index contributed by atoms with van der Waals surface area (Å²) >= 11 is 0. The maximum atomic E-state index is 14.6. The Hall–Kier alpha value is -3.85. The second-order valence-electron chi connectivity index (χ2n) is 12.4. The third-order valence-electron chi connectivity index (χ3n) is 8.36. The fourth-order valence-corrected chi connectivity index (χ4v) is 7.17. The third-order valence-corrected chi connectivity index (χ3v) is 9.88. The Bertz CT molecular complexity index is 1810. The lowest BCUT2D eigenvalue weighted by molar-refractivity contribution is -0.147. The van der Waals surface area contributed by atoms with Crippen molar-refractivity contribution in [2.75, 3.05) is 26.1 Å². The lowest BCUT2D eigenvalue weighted by atomic mass is 9.96. The number of nitrogens with zero attached hydrogens (tertiary/aromatic N) is 4. The number of fused-ring (bicyclic) bond motifs is 2. The van der Waals surface area contributed by atoms with E-state index in [-0.39, 0.29) is 41.3 Å². The third kappa shape index (κ3) is 6.77. The lowest BCUT2D eigenvalue weighted by Gasteiger charge is -2.28. The average Bonchev–Trinajstić information content (AvgIpc) is 3.74. The van der Waals surface area contributed by atoms with E-state index in [1.807, 2.05) is 30.3 Å². The zero-order chi connectivity index (χ0) is 33.5. The topological polar surface area (TPSA) is 202 Å². The van der Waals surface area contributed by atoms with E-state index in [0.717, 1.165) is 18.2 Å². The number of carbonyl (C=O) groups excluding carboxylic acids is 1. The van der Waals surface area contributed by atoms with Crippen LogP contribution >= 0.6 is 7.75 Å². The minimum Gasteiger partial charge on any atom is -0.479 e. The highest BCUT2D eigenvalue weighted by Crippen LogP contribution is 2.49. The van der Waals surface area contributed by atoms with Gasteiger partial charge in [-0.3, -0.25) is 13.9 Å². The zero-order valence-electron chi connectivity index (χ0n) is 26.5. The predicted molar refractivity (Wildman–Crippen MR) is 170 cm³/mol. The normalized spacial score (nSPS) is 24.8. The first kappa shape index (κ1) is 33.1. The van der Waals surface area contributed by atoms with Gasteiger partial charge in [0.15, 0.2) is 17.4 Å². The second-order valence-corrected chi connectivity index (χ2v) is 14.1. The minimum absolute atomic E-state index is 0.0952. The Labute approximate surface area is 270 Å². The van der Waals surface area contributed by atoms with Crippen molar-refractivity contribution in [2.45, 2.75) is 63.7 Å². The van der Waals surface area contributed by atoms with E-state index in [4.69, 9.17) is 29.0 Å². The molecule has 6 rings (SSSR count). The van der Waals surface area contributed by atoms with E-state index < -0.39 is 50.4 Å². The number of hydrogen-bond acceptors (Lipinski definition) is 13. The van der Waals surface area contributed by atoms with Crippen molar-refractivity contribution in [2.24, 2.45) is 11.8 Å². The molecule has 6 unspecified atom stereocenters. The van der Waals surface area contributed by atoms with Crippen LogP contribution in [0.1, 0.15) is 39.8 Å². The van der Waals surface area contributed by atoms with Gasteiger partial charge in [0.25, 0.3) is 0 Å². The summed E-state index contributed by atoms with van der Waals surface area (Å²) in [7, 11) is -2.99. The van der Waals surface area contributed by atoms with Crippen molar-refractivity contribution in [3.05, 3.63) is 48.8 Å². The highest BCUT2D eigenvalue weighted by molar-refractivity contribution is 7.52. The van der Waals surface area contributed by atoms with Gasteiger partial charge < -0.3 is 34.7 Å². The van der Waals surface area contributed by atoms with Gasteiger partial charge >= 0.3 is 13.7 Å². The van der Waals surface area contributed by atoms with E-state index in [2.05, 4.69) is 20.0 Å². The van der Waals surface area contributed by atoms with Gasteiger partial charge in [-0.1, -0.05) is 50.2 Å². The number of imidazole rings is 1. The Morgan fingerprint density at radius 2 is 1.94 bits per heavy atom. The van der Waals surface area contributed by atoms with Gasteiger partial charge in [-0.05, 0) is 43.1 Å². The molecule has 1 saturated carbocycles. The predicted octanol–water partition coefficient (Wildman–Crippen LogP) is 3.35. The first-order valence-corrected chi connectivity index (χ1v) is 16.9. The maximum Gasteiger partial charge on any atom is 0.459 e. The van der Waals surface area contributed by atoms with Gasteiger partial charge in [0.2, 0.25) is 11.8 Å². The van der Waals surface area contributed by atoms with Gasteiger partial charge in [0, 0.05) is 5.39 Å². The van der Waals surface area contributed by atoms with Crippen LogP contribution < -0.4 is 20.1 Å². The van der Waals surface area contributed by atoms with Crippen LogP contribution in [-0.2, 0) is 23.4 Å². The summed E-state index contributed by atoms with van der Waals surface area (Å²) < 4.78 is 44.9. The number of nitrogens with two attached hydrogens (primary N) is 1. The molecule has 0 bridgehead atoms. The fraction of sp³-hybridized carbons (Fsp3) is 0.484. The Balaban J connectivity index is 1.27. The summed E-state index contributed by atoms with van der Waals surface area (Å²) in [6, 6.07) is 11.6. The molecule has 4 aromatic rings. The summed E-state index contributed by atoms with van der Waals surface area (Å²) in [6.07, 6.45) is -0.609. The monoisotopic (exact) mass is 670 g/mol. The highest BCUT2D eigenvalue weighted by atomic mass is 31.2. The molecule has 1 aliphatic heterocycles. The van der Waals surface area contributed by atoms with Crippen LogP contribution in [0.25, 0.3) is 21.9 Å². The molecule has 1 aliphatic carbocycles. The van der Waals surface area contributed by atoms with Crippen LogP contribution in [0, 0.1) is 11.8 Å². The van der Waals surface area contributed by atoms with Crippen LogP contribution in [0.3, 0.4) is 0 Å². The molecule has 0 amide bonds. The number of hydrogen-bond donors (Lipinski definition) is 4. The van der Waals surface area contributed by atoms with Crippen molar-refractivity contribution in [3.8, 4) is 11.6 Å². The molecule has 16 heteroatoms. The van der Waals surface area contributed by atoms with Crippen LogP contribution in [-0.4, -0.2) is 79.9 Å². The molecule has 0 spiro atoms. The number of carbonyl (C=O) groups is 1. The van der Waals surface area contributed by atoms with Crippen LogP contribution in [0.15, 0.2) is 48.8 Å². The van der Waals surface area contributed by atoms with Gasteiger partial charge in [0.05, 0.1) is 26.7 Å². The second kappa shape index (κ2) is 13.0. The van der Waals surface area contributed by atoms with Gasteiger partial charge in [-0.2, -0.15) is 15.1 Å². The Kier molecular flexibility index (Phi) is 9.13. The summed E-state index contributed by atoms with van der Waals surface area (Å²) in [5.41, 5.74) is 4.43. The number of aromatic nitrogens is 4. The number of ether oxygens (including phenoxy) is 3. The maximum absolute atomic E-state index is 14.6. The van der Waals surface area contributed by atoms with Crippen molar-refractivity contribution in [3.63, 3.8) is 0 Å². The molecular formula is C31H39N6O9P. The summed E-state index contributed by atoms with van der Waals surface area (Å²) in [4.78, 5) is 25.7. The number of nitrogens with one attached hydrogen (secondary N) is 1. The van der Waals surface area contributed by atoms with E-state index in [1.54, 1.807) is 26.0 Å². The molecule has 2 aromatic carbocycles. The summed E-state index contributed by atoms with van der Waals surface area (Å²) in [6.45, 7) is 4.72. The molecule has 15 nitrogen and oxygen atoms in total. The van der Waals surface area contributed by atoms with E-state index in [9.17, 15) is 19.6 Å². The molecule has 1 saturated heterocycles. The average molecular weight is 671 g/mol. The Morgan fingerprint density at radius 1 is 1.19 bits per heavy atom. The lowest BCUT2D eigenvalue weighted by Crippen LogP contribution is -2.45. The van der Waals surface area contributed by atoms with E-state index in [0.29, 0.717) is 11.3 Å². The van der Waals surface area contributed by atoms with Crippen molar-refractivity contribution >= 4 is 41.6 Å². The standard InChI is InChI=1S/C31H39N6O9P/c1-17(2)23(28(39)43-14-18-12-13-18)36-47(41,46-21-11-7-9-19-8-5-6-10-20(19)21)44-15-22-25(38)31(3,40)29(45-22)37-16-33-24-26(37)34-30(32)35-27(24)42-4/h5-11,16-18,22-23,25,29,38,40H,12-15H2,1-4H3,(H,36,41)(H2,32,34,35). The molecule has 47 heavy (non-hydrogen) atoms. The first-order valence-electron chi connectivity index (χ1n) is 15.4. The number of aliphatic hydroxyl groups excluding tert-OH is 1. The van der Waals surface area contributed by atoms with Gasteiger partial charge in [0.1, 0.15) is 29.6 Å². The Morgan fingerprint density at radius 3 is 2.66 bits per heavy atom. The molecule has 2 aliphatic rings. The number of aliphatic hydroxyl groups is 2. The number of esters is 1. The molecule has 5 N–H and O–H groups in total. The smallest absolute Gasteiger partial charge is 0.459 e. The summed E-state index contributed by atoms with van der Waals surface area (Å²) in [5, 5.41) is 27.0. The van der Waals surface area contributed by atoms with Crippen molar-refractivity contribution < 1.29 is 42.8 Å². The van der Waals surface area contributed by atoms with Crippen molar-refractivity contribution in [1.29, 1.82) is 0 Å². The fourth-order valence-electron chi connectivity index (χ4n) is 5.48. The van der Waals surface area contributed by atoms with Gasteiger partial charge in [-0.15, -0.1) is 0 Å². The molecule has 2 fully saturated rings. The molecular weight excluding hydrogens is 631 g/mol. The molecule has 3 heterocycles. The molecule has 6 atom stereocenters. The van der Waals surface area contributed by atoms with Crippen molar-refractivity contribution in [1.82, 2.24) is 24.6 Å².